The van der Waals surface area contributed by atoms with E-state index in [0.29, 0.717) is 6.42 Å². The van der Waals surface area contributed by atoms with Crippen LogP contribution in [0.5, 0.6) is 0 Å². The minimum Gasteiger partial charge on any atom is -0.462 e. The van der Waals surface area contributed by atoms with Crippen LogP contribution in [0.25, 0.3) is 0 Å². The van der Waals surface area contributed by atoms with Crippen molar-refractivity contribution in [2.45, 2.75) is 102 Å². The van der Waals surface area contributed by atoms with Crippen molar-refractivity contribution in [3.8, 4) is 0 Å². The highest BCUT2D eigenvalue weighted by Gasteiger charge is 2.89. The Hall–Kier alpha value is -2.72. The molecule has 0 radical (unpaired) electrons. The third-order valence-corrected chi connectivity index (χ3v) is 8.69. The first kappa shape index (κ1) is 25.0. The van der Waals surface area contributed by atoms with E-state index in [-0.39, 0.29) is 6.10 Å². The zero-order valence-electron chi connectivity index (χ0n) is 21.5. The molecular weight excluding hydrogens is 472 g/mol. The molecule has 1 spiro atoms. The molecule has 0 amide bonds. The number of epoxide rings is 2. The second-order valence-corrected chi connectivity index (χ2v) is 11.1. The van der Waals surface area contributed by atoms with Crippen LogP contribution in [-0.2, 0) is 47.6 Å². The Morgan fingerprint density at radius 3 is 2.22 bits per heavy atom. The first-order chi connectivity index (χ1) is 16.7. The third kappa shape index (κ3) is 3.23. The quantitative estimate of drug-likeness (QED) is 0.319. The number of esters is 4. The Balaban J connectivity index is 1.78. The summed E-state index contributed by atoms with van der Waals surface area (Å²) in [4.78, 5) is 50.0. The van der Waals surface area contributed by atoms with Gasteiger partial charge in [-0.05, 0) is 32.9 Å². The van der Waals surface area contributed by atoms with Crippen molar-refractivity contribution in [3.05, 3.63) is 23.8 Å². The van der Waals surface area contributed by atoms with Gasteiger partial charge in [-0.2, -0.15) is 0 Å². The molecule has 10 heteroatoms. The Kier molecular flexibility index (Phi) is 5.30. The number of carbonyl (C=O) groups is 4. The Labute approximate surface area is 209 Å². The molecular formula is C26H32O10. The molecule has 0 bridgehead atoms. The van der Waals surface area contributed by atoms with E-state index < -0.39 is 76.4 Å². The highest BCUT2D eigenvalue weighted by molar-refractivity contribution is 5.89. The molecule has 0 N–H and O–H groups in total. The predicted octanol–water partition coefficient (Wildman–Crippen LogP) is 1.93. The fraction of sp³-hybridized carbons (Fsp3) is 0.692. The number of fused-ring (bicyclic) bond motifs is 3. The summed E-state index contributed by atoms with van der Waals surface area (Å²) in [5.74, 6) is -2.88. The highest BCUT2D eigenvalue weighted by Crippen LogP contribution is 2.69. The lowest BCUT2D eigenvalue weighted by Crippen LogP contribution is -2.66. The smallest absolute Gasteiger partial charge is 0.342 e. The van der Waals surface area contributed by atoms with Gasteiger partial charge in [-0.25, -0.2) is 4.79 Å². The minimum absolute atomic E-state index is 0.307. The first-order valence-corrected chi connectivity index (χ1v) is 12.2. The summed E-state index contributed by atoms with van der Waals surface area (Å²) in [7, 11) is 0. The second kappa shape index (κ2) is 7.64. The molecule has 196 valence electrons. The van der Waals surface area contributed by atoms with Crippen molar-refractivity contribution in [2.24, 2.45) is 11.3 Å². The molecule has 5 aliphatic rings. The number of rotatable bonds is 3. The molecule has 0 aromatic rings. The molecule has 36 heavy (non-hydrogen) atoms. The van der Waals surface area contributed by atoms with Crippen LogP contribution in [-0.4, -0.2) is 71.2 Å². The van der Waals surface area contributed by atoms with Crippen LogP contribution in [0.3, 0.4) is 0 Å². The van der Waals surface area contributed by atoms with Gasteiger partial charge < -0.3 is 28.4 Å². The van der Waals surface area contributed by atoms with Crippen LogP contribution in [0.15, 0.2) is 23.8 Å². The average molecular weight is 505 g/mol. The van der Waals surface area contributed by atoms with E-state index in [0.717, 1.165) is 5.57 Å². The van der Waals surface area contributed by atoms with Crippen LogP contribution in [0.1, 0.15) is 54.9 Å². The van der Waals surface area contributed by atoms with Gasteiger partial charge >= 0.3 is 23.9 Å². The average Bonchev–Trinajstić information content (AvgIpc) is 3.58. The molecule has 10 atom stereocenters. The van der Waals surface area contributed by atoms with Gasteiger partial charge in [-0.3, -0.25) is 14.4 Å². The molecule has 2 aliphatic carbocycles. The van der Waals surface area contributed by atoms with Gasteiger partial charge in [0.1, 0.15) is 18.3 Å². The van der Waals surface area contributed by atoms with Crippen LogP contribution in [0.4, 0.5) is 0 Å². The summed E-state index contributed by atoms with van der Waals surface area (Å²) < 4.78 is 35.8. The lowest BCUT2D eigenvalue weighted by Gasteiger charge is -2.53. The molecule has 0 aromatic heterocycles. The maximum absolute atomic E-state index is 13.0. The largest absolute Gasteiger partial charge is 0.462 e. The molecule has 10 nitrogen and oxygen atoms in total. The number of ether oxygens (including phenoxy) is 6. The van der Waals surface area contributed by atoms with E-state index in [1.54, 1.807) is 25.2 Å². The maximum atomic E-state index is 13.0. The van der Waals surface area contributed by atoms with Gasteiger partial charge in [-0.15, -0.1) is 0 Å². The van der Waals surface area contributed by atoms with Crippen molar-refractivity contribution < 1.29 is 47.6 Å². The number of carbonyl (C=O) groups excluding carboxylic acids is 4. The normalized spacial score (nSPS) is 50.4. The molecule has 0 unspecified atom stereocenters. The van der Waals surface area contributed by atoms with Crippen molar-refractivity contribution in [1.82, 2.24) is 0 Å². The van der Waals surface area contributed by atoms with Crippen molar-refractivity contribution in [2.75, 3.05) is 0 Å². The molecule has 3 heterocycles. The van der Waals surface area contributed by atoms with Crippen LogP contribution < -0.4 is 0 Å². The van der Waals surface area contributed by atoms with Gasteiger partial charge in [0.25, 0.3) is 0 Å². The molecule has 5 rings (SSSR count). The molecule has 3 saturated heterocycles. The van der Waals surface area contributed by atoms with Gasteiger partial charge in [0.05, 0.1) is 17.1 Å². The lowest BCUT2D eigenvalue weighted by molar-refractivity contribution is -0.205. The molecule has 4 fully saturated rings. The summed E-state index contributed by atoms with van der Waals surface area (Å²) >= 11 is 0. The van der Waals surface area contributed by atoms with Gasteiger partial charge in [-0.1, -0.05) is 18.6 Å². The second-order valence-electron chi connectivity index (χ2n) is 11.1. The molecule has 1 saturated carbocycles. The summed E-state index contributed by atoms with van der Waals surface area (Å²) in [6.45, 7) is 11.1. The van der Waals surface area contributed by atoms with E-state index in [9.17, 15) is 19.2 Å². The fourth-order valence-corrected chi connectivity index (χ4v) is 6.93. The van der Waals surface area contributed by atoms with E-state index >= 15 is 0 Å². The van der Waals surface area contributed by atoms with E-state index in [1.165, 1.54) is 20.8 Å². The number of hydrogen-bond acceptors (Lipinski definition) is 10. The lowest BCUT2D eigenvalue weighted by atomic mass is 9.54. The maximum Gasteiger partial charge on any atom is 0.342 e. The van der Waals surface area contributed by atoms with Crippen molar-refractivity contribution in [1.29, 1.82) is 0 Å². The number of allylic oxidation sites excluding steroid dienone is 2. The van der Waals surface area contributed by atoms with Crippen LogP contribution in [0.2, 0.25) is 0 Å². The Morgan fingerprint density at radius 2 is 1.64 bits per heavy atom. The summed E-state index contributed by atoms with van der Waals surface area (Å²) in [5.41, 5.74) is -3.95. The number of hydrogen-bond donors (Lipinski definition) is 0. The molecule has 0 aromatic carbocycles. The minimum atomic E-state index is -1.36. The summed E-state index contributed by atoms with van der Waals surface area (Å²) in [6.07, 6.45) is 1.77. The van der Waals surface area contributed by atoms with Gasteiger partial charge in [0.15, 0.2) is 17.3 Å². The third-order valence-electron chi connectivity index (χ3n) is 8.69. The summed E-state index contributed by atoms with van der Waals surface area (Å²) in [5, 5.41) is 0. The van der Waals surface area contributed by atoms with E-state index in [1.807, 2.05) is 20.8 Å². The van der Waals surface area contributed by atoms with E-state index in [4.69, 9.17) is 28.4 Å². The topological polar surface area (TPSA) is 130 Å². The molecule has 3 aliphatic heterocycles. The fourth-order valence-electron chi connectivity index (χ4n) is 6.93. The zero-order valence-corrected chi connectivity index (χ0v) is 21.5. The zero-order chi connectivity index (χ0) is 26.4. The van der Waals surface area contributed by atoms with Crippen molar-refractivity contribution in [3.63, 3.8) is 0 Å². The summed E-state index contributed by atoms with van der Waals surface area (Å²) in [6, 6.07) is 0. The Morgan fingerprint density at radius 1 is 1.00 bits per heavy atom. The Bertz CT molecular complexity index is 1110. The standard InChI is InChI=1S/C26H32O10/c1-12-8-9-16(31-13(2)27)23(5)17(32-14(3)28)11-18-24(6,35-18)20(23)21(33-15(4)29)26-19(10-12)34-22(30)25(26,7)36-26/h8-10,16-21H,11H2,1-7H3/b9-8-,12-10+/t16-,17-,18+,19-,20+,21-,23-,24+,25-,26-/m0/s1. The van der Waals surface area contributed by atoms with E-state index in [2.05, 4.69) is 0 Å². The van der Waals surface area contributed by atoms with Gasteiger partial charge in [0.2, 0.25) is 0 Å². The monoisotopic (exact) mass is 504 g/mol. The van der Waals surface area contributed by atoms with Crippen LogP contribution in [0, 0.1) is 11.3 Å². The first-order valence-electron chi connectivity index (χ1n) is 12.2. The van der Waals surface area contributed by atoms with Crippen LogP contribution >= 0.6 is 0 Å². The van der Waals surface area contributed by atoms with Crippen molar-refractivity contribution >= 4 is 23.9 Å². The SMILES string of the molecule is CC(=O)O[C@H]1/C=C\C(C)=C\[C@@H]2OC(=O)[C@]3(C)O[C@]23[C@@H](OC(C)=O)[C@H]2[C@]3(C)O[C@@H]3C[C@H](OC(C)=O)[C@]12C. The van der Waals surface area contributed by atoms with Gasteiger partial charge in [0, 0.05) is 33.1 Å². The highest BCUT2D eigenvalue weighted by atomic mass is 16.7. The predicted molar refractivity (Wildman–Crippen MR) is 121 cm³/mol.